The maximum Gasteiger partial charge on any atom is 0.222 e. The molecule has 6 heteroatoms. The fourth-order valence-electron chi connectivity index (χ4n) is 3.34. The number of benzene rings is 1. The van der Waals surface area contributed by atoms with Crippen LogP contribution < -0.4 is 11.1 Å². The highest BCUT2D eigenvalue weighted by molar-refractivity contribution is 5.86. The van der Waals surface area contributed by atoms with Gasteiger partial charge in [-0.3, -0.25) is 0 Å². The van der Waals surface area contributed by atoms with Crippen molar-refractivity contribution < 1.29 is 4.48 Å². The average Bonchev–Trinajstić information content (AvgIpc) is 2.69. The van der Waals surface area contributed by atoms with Crippen LogP contribution in [0.1, 0.15) is 57.4 Å². The second kappa shape index (κ2) is 9.18. The van der Waals surface area contributed by atoms with Crippen LogP contribution in [0, 0.1) is 0 Å². The van der Waals surface area contributed by atoms with Gasteiger partial charge in [0.1, 0.15) is 12.1 Å². The number of nitrogens with one attached hydrogen (secondary N) is 1. The van der Waals surface area contributed by atoms with Gasteiger partial charge in [-0.2, -0.15) is 4.98 Å². The predicted octanol–water partition coefficient (Wildman–Crippen LogP) is 4.78. The topological polar surface area (TPSA) is 76.7 Å². The van der Waals surface area contributed by atoms with Gasteiger partial charge in [0.05, 0.1) is 25.2 Å². The van der Waals surface area contributed by atoms with Gasteiger partial charge in [0.2, 0.25) is 5.95 Å². The molecule has 0 spiro atoms. The van der Waals surface area contributed by atoms with E-state index < -0.39 is 0 Å². The van der Waals surface area contributed by atoms with E-state index in [1.165, 1.54) is 11.1 Å². The van der Waals surface area contributed by atoms with Gasteiger partial charge in [0.15, 0.2) is 5.82 Å². The molecule has 0 radical (unpaired) electrons. The molecule has 31 heavy (non-hydrogen) atoms. The Morgan fingerprint density at radius 1 is 0.935 bits per heavy atom. The molecule has 0 saturated heterocycles. The summed E-state index contributed by atoms with van der Waals surface area (Å²) in [7, 11) is 4.57. The third-order valence-corrected chi connectivity index (χ3v) is 6.24. The summed E-state index contributed by atoms with van der Waals surface area (Å²) in [6.45, 7) is 10.9. The van der Waals surface area contributed by atoms with Crippen molar-refractivity contribution in [2.75, 3.05) is 31.7 Å². The number of unbranched alkanes of at least 4 members (excludes halogenated alkanes) is 1. The molecule has 3 N–H and O–H groups in total. The van der Waals surface area contributed by atoms with Gasteiger partial charge in [-0.15, -0.1) is 0 Å². The number of nitrogen functional groups attached to an aromatic ring is 1. The van der Waals surface area contributed by atoms with E-state index in [2.05, 4.69) is 81.3 Å². The summed E-state index contributed by atoms with van der Waals surface area (Å²) >= 11 is 0. The summed E-state index contributed by atoms with van der Waals surface area (Å²) in [5.74, 6) is 0.989. The molecule has 0 aliphatic rings. The number of rotatable bonds is 8. The lowest BCUT2D eigenvalue weighted by Crippen LogP contribution is -2.53. The first-order valence-electron chi connectivity index (χ1n) is 11.2. The summed E-state index contributed by atoms with van der Waals surface area (Å²) in [4.78, 5) is 13.6. The van der Waals surface area contributed by atoms with Crippen molar-refractivity contribution in [2.45, 2.75) is 59.0 Å². The van der Waals surface area contributed by atoms with Crippen LogP contribution in [-0.4, -0.2) is 45.6 Å². The monoisotopic (exact) mass is 421 g/mol. The second-order valence-electron chi connectivity index (χ2n) is 9.89. The number of nitrogens with two attached hydrogens (primary N) is 1. The highest BCUT2D eigenvalue weighted by atomic mass is 15.4. The van der Waals surface area contributed by atoms with Gasteiger partial charge in [-0.25, -0.2) is 9.97 Å². The maximum atomic E-state index is 5.88. The SMILES string of the molecule is CCCCNc1nc(N)nc2ccc(Cc3ccc(C[N+](C)(C)C(C)(C)C)cc3)nc12. The molecule has 6 nitrogen and oxygen atoms in total. The zero-order valence-corrected chi connectivity index (χ0v) is 19.9. The summed E-state index contributed by atoms with van der Waals surface area (Å²) in [6, 6.07) is 12.9. The summed E-state index contributed by atoms with van der Waals surface area (Å²) in [6.07, 6.45) is 2.96. The average molecular weight is 422 g/mol. The van der Waals surface area contributed by atoms with Crippen LogP contribution in [0.4, 0.5) is 11.8 Å². The zero-order valence-electron chi connectivity index (χ0n) is 19.9. The lowest BCUT2D eigenvalue weighted by atomic mass is 10.0. The first kappa shape index (κ1) is 22.9. The van der Waals surface area contributed by atoms with E-state index in [9.17, 15) is 0 Å². The molecule has 0 amide bonds. The number of fused-ring (bicyclic) bond motifs is 1. The fraction of sp³-hybridized carbons (Fsp3) is 0.480. The molecular formula is C25H37N6+. The highest BCUT2D eigenvalue weighted by Crippen LogP contribution is 2.24. The minimum Gasteiger partial charge on any atom is -0.368 e. The maximum absolute atomic E-state index is 5.88. The van der Waals surface area contributed by atoms with Crippen LogP contribution in [0.25, 0.3) is 11.0 Å². The molecule has 0 aliphatic carbocycles. The van der Waals surface area contributed by atoms with Gasteiger partial charge in [-0.1, -0.05) is 37.6 Å². The van der Waals surface area contributed by atoms with Gasteiger partial charge in [0.25, 0.3) is 0 Å². The van der Waals surface area contributed by atoms with Crippen molar-refractivity contribution in [3.05, 3.63) is 53.2 Å². The number of hydrogen-bond donors (Lipinski definition) is 2. The molecule has 3 aromatic rings. The Balaban J connectivity index is 1.78. The van der Waals surface area contributed by atoms with Crippen LogP contribution in [0.5, 0.6) is 0 Å². The van der Waals surface area contributed by atoms with Crippen molar-refractivity contribution in [3.8, 4) is 0 Å². The Morgan fingerprint density at radius 3 is 2.26 bits per heavy atom. The Morgan fingerprint density at radius 2 is 1.61 bits per heavy atom. The molecule has 0 saturated carbocycles. The highest BCUT2D eigenvalue weighted by Gasteiger charge is 2.31. The lowest BCUT2D eigenvalue weighted by Gasteiger charge is -2.42. The second-order valence-corrected chi connectivity index (χ2v) is 9.89. The largest absolute Gasteiger partial charge is 0.368 e. The van der Waals surface area contributed by atoms with E-state index >= 15 is 0 Å². The lowest BCUT2D eigenvalue weighted by molar-refractivity contribution is -0.948. The van der Waals surface area contributed by atoms with Crippen LogP contribution >= 0.6 is 0 Å². The third kappa shape index (κ3) is 5.70. The molecule has 3 rings (SSSR count). The van der Waals surface area contributed by atoms with Crippen molar-refractivity contribution >= 4 is 22.8 Å². The van der Waals surface area contributed by atoms with Crippen molar-refractivity contribution in [3.63, 3.8) is 0 Å². The molecule has 0 atom stereocenters. The Labute approximate surface area is 186 Å². The van der Waals surface area contributed by atoms with Crippen molar-refractivity contribution in [2.24, 2.45) is 0 Å². The van der Waals surface area contributed by atoms with Crippen molar-refractivity contribution in [1.29, 1.82) is 0 Å². The van der Waals surface area contributed by atoms with E-state index in [-0.39, 0.29) is 11.5 Å². The first-order valence-corrected chi connectivity index (χ1v) is 11.2. The van der Waals surface area contributed by atoms with E-state index in [0.717, 1.165) is 59.4 Å². The predicted molar refractivity (Wildman–Crippen MR) is 130 cm³/mol. The number of aromatic nitrogens is 3. The Kier molecular flexibility index (Phi) is 6.80. The molecule has 1 aromatic carbocycles. The molecule has 0 unspecified atom stereocenters. The van der Waals surface area contributed by atoms with Crippen LogP contribution in [-0.2, 0) is 13.0 Å². The van der Waals surface area contributed by atoms with Gasteiger partial charge >= 0.3 is 0 Å². The van der Waals surface area contributed by atoms with E-state index in [1.54, 1.807) is 0 Å². The smallest absolute Gasteiger partial charge is 0.222 e. The zero-order chi connectivity index (χ0) is 22.6. The van der Waals surface area contributed by atoms with Crippen LogP contribution in [0.15, 0.2) is 36.4 Å². The normalized spacial score (nSPS) is 12.3. The van der Waals surface area contributed by atoms with Gasteiger partial charge < -0.3 is 15.5 Å². The standard InChI is InChI=1S/C25H37N6/c1-7-8-15-27-23-22-21(29-24(26)30-23)14-13-20(28-22)16-18-9-11-19(12-10-18)17-31(5,6)25(2,3)4/h9-14H,7-8,15-17H2,1-6H3,(H3,26,27,29,30)/q+1. The first-order chi connectivity index (χ1) is 14.6. The quantitative estimate of drug-likeness (QED) is 0.404. The van der Waals surface area contributed by atoms with Gasteiger partial charge in [0, 0.05) is 24.2 Å². The molecule has 0 fully saturated rings. The molecule has 2 aromatic heterocycles. The number of pyridine rings is 1. The molecule has 0 aliphatic heterocycles. The minimum atomic E-state index is 0.196. The number of quaternary nitrogens is 1. The Bertz CT molecular complexity index is 1020. The fourth-order valence-corrected chi connectivity index (χ4v) is 3.34. The summed E-state index contributed by atoms with van der Waals surface area (Å²) in [5.41, 5.74) is 11.2. The molecule has 0 bridgehead atoms. The van der Waals surface area contributed by atoms with Crippen LogP contribution in [0.2, 0.25) is 0 Å². The van der Waals surface area contributed by atoms with Crippen molar-refractivity contribution in [1.82, 2.24) is 15.0 Å². The minimum absolute atomic E-state index is 0.196. The Hall–Kier alpha value is -2.73. The van der Waals surface area contributed by atoms with E-state index in [4.69, 9.17) is 10.7 Å². The van der Waals surface area contributed by atoms with E-state index in [1.807, 2.05) is 12.1 Å². The van der Waals surface area contributed by atoms with Gasteiger partial charge in [-0.05, 0) is 44.9 Å². The molecule has 2 heterocycles. The number of anilines is 2. The van der Waals surface area contributed by atoms with E-state index in [0.29, 0.717) is 0 Å². The number of hydrogen-bond acceptors (Lipinski definition) is 5. The van der Waals surface area contributed by atoms with Crippen LogP contribution in [0.3, 0.4) is 0 Å². The third-order valence-electron chi connectivity index (χ3n) is 6.24. The summed E-state index contributed by atoms with van der Waals surface area (Å²) < 4.78 is 0.940. The molecule has 166 valence electrons. The molecular weight excluding hydrogens is 384 g/mol. The number of nitrogens with zero attached hydrogens (tertiary/aromatic N) is 4. The summed E-state index contributed by atoms with van der Waals surface area (Å²) in [5, 5.41) is 3.37.